The maximum Gasteiger partial charge on any atom is 0.0475 e. The van der Waals surface area contributed by atoms with Crippen LogP contribution < -0.4 is 5.73 Å². The summed E-state index contributed by atoms with van der Waals surface area (Å²) in [6.07, 6.45) is 3.76. The van der Waals surface area contributed by atoms with Crippen LogP contribution in [-0.2, 0) is 0 Å². The topological polar surface area (TPSA) is 29.3 Å². The number of nitrogens with two attached hydrogens (primary N) is 1. The van der Waals surface area contributed by atoms with E-state index >= 15 is 0 Å². The van der Waals surface area contributed by atoms with E-state index in [4.69, 9.17) is 17.3 Å². The van der Waals surface area contributed by atoms with Crippen LogP contribution in [0.2, 0.25) is 5.02 Å². The summed E-state index contributed by atoms with van der Waals surface area (Å²) in [6.45, 7) is 10.6. The Kier molecular flexibility index (Phi) is 7.57. The van der Waals surface area contributed by atoms with Crippen molar-refractivity contribution in [1.82, 2.24) is 4.90 Å². The fraction of sp³-hybridized carbons (Fsp3) is 0.647. The monoisotopic (exact) mass is 296 g/mol. The van der Waals surface area contributed by atoms with E-state index in [0.29, 0.717) is 12.6 Å². The van der Waals surface area contributed by atoms with Crippen molar-refractivity contribution in [2.45, 2.75) is 59.0 Å². The van der Waals surface area contributed by atoms with Crippen molar-refractivity contribution in [2.75, 3.05) is 13.1 Å². The van der Waals surface area contributed by atoms with Crippen molar-refractivity contribution in [3.8, 4) is 0 Å². The van der Waals surface area contributed by atoms with Gasteiger partial charge in [-0.2, -0.15) is 0 Å². The highest BCUT2D eigenvalue weighted by Crippen LogP contribution is 2.27. The zero-order chi connectivity index (χ0) is 15.1. The maximum atomic E-state index is 6.08. The van der Waals surface area contributed by atoms with Gasteiger partial charge >= 0.3 is 0 Å². The second-order valence-electron chi connectivity index (χ2n) is 5.79. The molecule has 1 aromatic carbocycles. The summed E-state index contributed by atoms with van der Waals surface area (Å²) in [7, 11) is 0. The molecule has 0 spiro atoms. The Morgan fingerprint density at radius 2 is 1.95 bits per heavy atom. The van der Waals surface area contributed by atoms with E-state index < -0.39 is 0 Å². The quantitative estimate of drug-likeness (QED) is 0.713. The van der Waals surface area contributed by atoms with Crippen LogP contribution in [0.1, 0.15) is 57.2 Å². The van der Waals surface area contributed by atoms with Gasteiger partial charge in [-0.15, -0.1) is 0 Å². The molecule has 0 heterocycles. The lowest BCUT2D eigenvalue weighted by Gasteiger charge is -2.35. The predicted molar refractivity (Wildman–Crippen MR) is 89.4 cm³/mol. The highest BCUT2D eigenvalue weighted by Gasteiger charge is 2.22. The third-order valence-electron chi connectivity index (χ3n) is 3.90. The minimum atomic E-state index is 0.282. The summed E-state index contributed by atoms with van der Waals surface area (Å²) in [6, 6.07) is 6.91. The Morgan fingerprint density at radius 3 is 2.45 bits per heavy atom. The van der Waals surface area contributed by atoms with Gasteiger partial charge in [0.1, 0.15) is 0 Å². The molecule has 0 bridgehead atoms. The Bertz CT molecular complexity index is 404. The van der Waals surface area contributed by atoms with Gasteiger partial charge in [0, 0.05) is 23.7 Å². The second-order valence-corrected chi connectivity index (χ2v) is 6.23. The number of benzene rings is 1. The molecule has 0 radical (unpaired) electrons. The van der Waals surface area contributed by atoms with Crippen molar-refractivity contribution >= 4 is 11.6 Å². The number of rotatable bonds is 8. The van der Waals surface area contributed by atoms with Crippen LogP contribution in [0.15, 0.2) is 18.2 Å². The fourth-order valence-corrected chi connectivity index (χ4v) is 3.00. The highest BCUT2D eigenvalue weighted by molar-refractivity contribution is 6.30. The lowest BCUT2D eigenvalue weighted by Crippen LogP contribution is -2.39. The normalized spacial score (nSPS) is 13.2. The number of aryl methyl sites for hydroxylation is 1. The molecule has 1 unspecified atom stereocenters. The molecule has 0 aromatic heterocycles. The molecule has 2 N–H and O–H groups in total. The van der Waals surface area contributed by atoms with Gasteiger partial charge in [-0.25, -0.2) is 0 Å². The van der Waals surface area contributed by atoms with E-state index in [0.717, 1.165) is 11.6 Å². The third kappa shape index (κ3) is 4.76. The number of hydrogen-bond donors (Lipinski definition) is 1. The number of hydrogen-bond acceptors (Lipinski definition) is 2. The van der Waals surface area contributed by atoms with Crippen LogP contribution in [0, 0.1) is 6.92 Å². The van der Waals surface area contributed by atoms with Crippen molar-refractivity contribution in [2.24, 2.45) is 5.73 Å². The van der Waals surface area contributed by atoms with Gasteiger partial charge in [-0.1, -0.05) is 37.4 Å². The number of nitrogens with zero attached hydrogens (tertiary/aromatic N) is 1. The van der Waals surface area contributed by atoms with Crippen LogP contribution in [0.5, 0.6) is 0 Å². The standard InChI is InChI=1S/C17H29ClN2/c1-5-6-7-10-20(13(2)3)17(12-19)16-9-8-15(18)11-14(16)4/h8-9,11,13,17H,5-7,10,12,19H2,1-4H3. The smallest absolute Gasteiger partial charge is 0.0475 e. The molecule has 1 atom stereocenters. The molecule has 114 valence electrons. The van der Waals surface area contributed by atoms with Crippen LogP contribution in [0.4, 0.5) is 0 Å². The van der Waals surface area contributed by atoms with Crippen LogP contribution in [0.3, 0.4) is 0 Å². The van der Waals surface area contributed by atoms with Crippen molar-refractivity contribution < 1.29 is 0 Å². The summed E-state index contributed by atoms with van der Waals surface area (Å²) < 4.78 is 0. The molecule has 1 rings (SSSR count). The molecular weight excluding hydrogens is 268 g/mol. The number of unbranched alkanes of at least 4 members (excludes halogenated alkanes) is 2. The fourth-order valence-electron chi connectivity index (χ4n) is 2.77. The molecule has 0 saturated heterocycles. The van der Waals surface area contributed by atoms with Crippen LogP contribution in [0.25, 0.3) is 0 Å². The van der Waals surface area contributed by atoms with E-state index in [1.54, 1.807) is 0 Å². The predicted octanol–water partition coefficient (Wildman–Crippen LogP) is 4.55. The van der Waals surface area contributed by atoms with Crippen LogP contribution >= 0.6 is 11.6 Å². The van der Waals surface area contributed by atoms with E-state index in [2.05, 4.69) is 38.7 Å². The highest BCUT2D eigenvalue weighted by atomic mass is 35.5. The molecule has 0 saturated carbocycles. The number of halogens is 1. The van der Waals surface area contributed by atoms with Gasteiger partial charge in [0.2, 0.25) is 0 Å². The summed E-state index contributed by atoms with van der Waals surface area (Å²) in [4.78, 5) is 2.52. The third-order valence-corrected chi connectivity index (χ3v) is 4.13. The second kappa shape index (κ2) is 8.66. The first-order valence-corrected chi connectivity index (χ1v) is 8.10. The molecule has 20 heavy (non-hydrogen) atoms. The van der Waals surface area contributed by atoms with Gasteiger partial charge in [0.05, 0.1) is 0 Å². The average Bonchev–Trinajstić information content (AvgIpc) is 2.39. The Hall–Kier alpha value is -0.570. The van der Waals surface area contributed by atoms with Gasteiger partial charge in [-0.05, 0) is 57.0 Å². The zero-order valence-electron chi connectivity index (χ0n) is 13.3. The van der Waals surface area contributed by atoms with Crippen molar-refractivity contribution in [3.63, 3.8) is 0 Å². The van der Waals surface area contributed by atoms with Crippen LogP contribution in [-0.4, -0.2) is 24.0 Å². The largest absolute Gasteiger partial charge is 0.329 e. The molecule has 0 amide bonds. The van der Waals surface area contributed by atoms with Crippen molar-refractivity contribution in [3.05, 3.63) is 34.3 Å². The molecular formula is C17H29ClN2. The molecule has 0 aliphatic carbocycles. The zero-order valence-corrected chi connectivity index (χ0v) is 14.1. The van der Waals surface area contributed by atoms with Gasteiger partial charge < -0.3 is 5.73 Å². The molecule has 3 heteroatoms. The lowest BCUT2D eigenvalue weighted by molar-refractivity contribution is 0.153. The molecule has 1 aromatic rings. The summed E-state index contributed by atoms with van der Waals surface area (Å²) in [5.74, 6) is 0. The molecule has 2 nitrogen and oxygen atoms in total. The van der Waals surface area contributed by atoms with Gasteiger partial charge in [-0.3, -0.25) is 4.90 Å². The Balaban J connectivity index is 2.94. The average molecular weight is 297 g/mol. The SMILES string of the molecule is CCCCCN(C(C)C)C(CN)c1ccc(Cl)cc1C. The molecule has 0 aliphatic rings. The summed E-state index contributed by atoms with van der Waals surface area (Å²) in [5.41, 5.74) is 8.62. The van der Waals surface area contributed by atoms with Gasteiger partial charge in [0.25, 0.3) is 0 Å². The Labute approximate surface area is 129 Å². The maximum absolute atomic E-state index is 6.08. The van der Waals surface area contributed by atoms with Crippen molar-refractivity contribution in [1.29, 1.82) is 0 Å². The molecule has 0 aliphatic heterocycles. The van der Waals surface area contributed by atoms with E-state index in [-0.39, 0.29) is 6.04 Å². The summed E-state index contributed by atoms with van der Waals surface area (Å²) >= 11 is 6.06. The van der Waals surface area contributed by atoms with E-state index in [1.165, 1.54) is 30.4 Å². The first kappa shape index (κ1) is 17.5. The van der Waals surface area contributed by atoms with Gasteiger partial charge in [0.15, 0.2) is 0 Å². The molecule has 0 fully saturated rings. The van der Waals surface area contributed by atoms with E-state index in [9.17, 15) is 0 Å². The minimum absolute atomic E-state index is 0.282. The first-order valence-electron chi connectivity index (χ1n) is 7.73. The minimum Gasteiger partial charge on any atom is -0.329 e. The lowest BCUT2D eigenvalue weighted by atomic mass is 9.98. The summed E-state index contributed by atoms with van der Waals surface area (Å²) in [5, 5.41) is 0.795. The first-order chi connectivity index (χ1) is 9.51. The Morgan fingerprint density at radius 1 is 1.25 bits per heavy atom. The van der Waals surface area contributed by atoms with E-state index in [1.807, 2.05) is 12.1 Å².